The van der Waals surface area contributed by atoms with Crippen LogP contribution in [0.3, 0.4) is 0 Å². The maximum absolute atomic E-state index is 12.1. The van der Waals surface area contributed by atoms with Gasteiger partial charge in [-0.15, -0.1) is 0 Å². The van der Waals surface area contributed by atoms with Gasteiger partial charge in [0.15, 0.2) is 0 Å². The summed E-state index contributed by atoms with van der Waals surface area (Å²) in [7, 11) is 0. The maximum Gasteiger partial charge on any atom is 0.311 e. The largest absolute Gasteiger partial charge is 0.461 e. The van der Waals surface area contributed by atoms with Gasteiger partial charge < -0.3 is 4.74 Å². The van der Waals surface area contributed by atoms with Crippen molar-refractivity contribution in [3.8, 4) is 0 Å². The van der Waals surface area contributed by atoms with Gasteiger partial charge in [-0.1, -0.05) is 12.2 Å². The average Bonchev–Trinajstić information content (AvgIpc) is 2.39. The lowest BCUT2D eigenvalue weighted by atomic mass is 9.69. The van der Waals surface area contributed by atoms with Gasteiger partial charge in [0.1, 0.15) is 6.10 Å². The number of esters is 1. The Hall–Kier alpha value is -1.64. The molecule has 1 aromatic heterocycles. The minimum atomic E-state index is -0.451. The Labute approximate surface area is 120 Å². The second kappa shape index (κ2) is 4.44. The lowest BCUT2D eigenvalue weighted by molar-refractivity contribution is -0.160. The number of rotatable bonds is 1. The minimum Gasteiger partial charge on any atom is -0.461 e. The van der Waals surface area contributed by atoms with E-state index in [1.165, 1.54) is 11.1 Å². The summed E-state index contributed by atoms with van der Waals surface area (Å²) in [6, 6.07) is 2.10. The first-order chi connectivity index (χ1) is 9.38. The highest BCUT2D eigenvalue weighted by atomic mass is 16.5. The molecule has 3 aliphatic rings. The van der Waals surface area contributed by atoms with Crippen molar-refractivity contribution in [2.75, 3.05) is 0 Å². The summed E-state index contributed by atoms with van der Waals surface area (Å²) in [6.07, 6.45) is 7.14. The first-order valence-electron chi connectivity index (χ1n) is 7.22. The number of hydrogen-bond acceptors (Lipinski definition) is 3. The third-order valence-corrected chi connectivity index (χ3v) is 4.26. The van der Waals surface area contributed by atoms with Gasteiger partial charge in [-0.05, 0) is 51.3 Å². The molecular weight excluding hydrogens is 250 g/mol. The molecule has 20 heavy (non-hydrogen) atoms. The fraction of sp³-hybridized carbons (Fsp3) is 0.529. The Morgan fingerprint density at radius 2 is 2.10 bits per heavy atom. The molecule has 106 valence electrons. The summed E-state index contributed by atoms with van der Waals surface area (Å²) in [5.41, 5.74) is 3.22. The van der Waals surface area contributed by atoms with Gasteiger partial charge in [0, 0.05) is 23.7 Å². The van der Waals surface area contributed by atoms with Crippen LogP contribution in [0.2, 0.25) is 0 Å². The zero-order valence-corrected chi connectivity index (χ0v) is 12.5. The molecule has 0 saturated heterocycles. The molecule has 1 aromatic rings. The van der Waals surface area contributed by atoms with Crippen LogP contribution in [-0.4, -0.2) is 17.1 Å². The Bertz CT molecular complexity index is 583. The van der Waals surface area contributed by atoms with Crippen molar-refractivity contribution in [3.63, 3.8) is 0 Å². The van der Waals surface area contributed by atoms with Gasteiger partial charge in [0.2, 0.25) is 0 Å². The molecule has 0 saturated carbocycles. The van der Waals surface area contributed by atoms with Gasteiger partial charge in [0.05, 0.1) is 5.41 Å². The second-order valence-corrected chi connectivity index (χ2v) is 6.85. The predicted molar refractivity (Wildman–Crippen MR) is 77.5 cm³/mol. The van der Waals surface area contributed by atoms with Crippen LogP contribution in [0.4, 0.5) is 0 Å². The summed E-state index contributed by atoms with van der Waals surface area (Å²) in [5.74, 6) is 0.399. The minimum absolute atomic E-state index is 0.0490. The summed E-state index contributed by atoms with van der Waals surface area (Å²) in [4.78, 5) is 16.5. The van der Waals surface area contributed by atoms with Crippen molar-refractivity contribution in [2.45, 2.75) is 52.1 Å². The van der Waals surface area contributed by atoms with Crippen LogP contribution in [-0.2, 0) is 9.53 Å². The summed E-state index contributed by atoms with van der Waals surface area (Å²) in [5, 5.41) is 0. The molecule has 3 aliphatic carbocycles. The topological polar surface area (TPSA) is 39.2 Å². The molecule has 0 aliphatic heterocycles. The number of allylic oxidation sites excluding steroid dienone is 1. The highest BCUT2D eigenvalue weighted by molar-refractivity contribution is 5.75. The number of carbonyl (C=O) groups excluding carboxylic acids is 1. The quantitative estimate of drug-likeness (QED) is 0.580. The van der Waals surface area contributed by atoms with Crippen LogP contribution in [0.1, 0.15) is 55.8 Å². The van der Waals surface area contributed by atoms with Crippen molar-refractivity contribution in [3.05, 3.63) is 41.2 Å². The third kappa shape index (κ3) is 2.05. The lowest BCUT2D eigenvalue weighted by Gasteiger charge is -2.40. The van der Waals surface area contributed by atoms with E-state index < -0.39 is 5.41 Å². The second-order valence-electron chi connectivity index (χ2n) is 6.85. The number of aromatic nitrogens is 1. The van der Waals surface area contributed by atoms with Crippen molar-refractivity contribution in [1.29, 1.82) is 0 Å². The molecule has 0 spiro atoms. The number of hydrogen-bond donors (Lipinski definition) is 0. The summed E-state index contributed by atoms with van der Waals surface area (Å²) >= 11 is 0. The van der Waals surface area contributed by atoms with E-state index in [-0.39, 0.29) is 18.0 Å². The monoisotopic (exact) mass is 271 g/mol. The molecule has 3 atom stereocenters. The zero-order valence-electron chi connectivity index (χ0n) is 12.5. The fourth-order valence-corrected chi connectivity index (χ4v) is 3.16. The van der Waals surface area contributed by atoms with Crippen LogP contribution in [0, 0.1) is 12.3 Å². The first kappa shape index (κ1) is 13.3. The van der Waals surface area contributed by atoms with Gasteiger partial charge in [-0.3, -0.25) is 9.78 Å². The van der Waals surface area contributed by atoms with Gasteiger partial charge >= 0.3 is 5.97 Å². The zero-order chi connectivity index (χ0) is 14.5. The molecule has 2 bridgehead atoms. The molecule has 4 rings (SSSR count). The van der Waals surface area contributed by atoms with Gasteiger partial charge in [-0.2, -0.15) is 0 Å². The molecule has 3 nitrogen and oxygen atoms in total. The third-order valence-electron chi connectivity index (χ3n) is 4.26. The summed E-state index contributed by atoms with van der Waals surface area (Å²) in [6.45, 7) is 7.73. The fourth-order valence-electron chi connectivity index (χ4n) is 3.16. The van der Waals surface area contributed by atoms with E-state index in [0.29, 0.717) is 5.92 Å². The average molecular weight is 271 g/mol. The highest BCUT2D eigenvalue weighted by Crippen LogP contribution is 2.47. The number of ether oxygens (including phenoxy) is 1. The maximum atomic E-state index is 12.1. The molecule has 3 unspecified atom stereocenters. The lowest BCUT2D eigenvalue weighted by Crippen LogP contribution is -2.37. The van der Waals surface area contributed by atoms with Crippen LogP contribution >= 0.6 is 0 Å². The van der Waals surface area contributed by atoms with Crippen molar-refractivity contribution in [2.24, 2.45) is 5.41 Å². The van der Waals surface area contributed by atoms with E-state index >= 15 is 0 Å². The Kier molecular flexibility index (Phi) is 2.96. The standard InChI is InChI=1S/C17H21NO2/c1-10-15-12(7-8-18-10)11-5-6-13(15)14(9-11)20-16(19)17(2,3)4/h5-8,11,13-14H,9H2,1-4H3. The van der Waals surface area contributed by atoms with E-state index in [1.807, 2.05) is 33.9 Å². The van der Waals surface area contributed by atoms with Crippen molar-refractivity contribution >= 4 is 5.97 Å². The van der Waals surface area contributed by atoms with Gasteiger partial charge in [-0.25, -0.2) is 0 Å². The number of pyridine rings is 1. The van der Waals surface area contributed by atoms with E-state index in [0.717, 1.165) is 12.1 Å². The Morgan fingerprint density at radius 1 is 1.35 bits per heavy atom. The van der Waals surface area contributed by atoms with Crippen LogP contribution in [0.15, 0.2) is 24.4 Å². The number of carbonyl (C=O) groups is 1. The van der Waals surface area contributed by atoms with Crippen molar-refractivity contribution < 1.29 is 9.53 Å². The number of aryl methyl sites for hydroxylation is 1. The molecular formula is C17H21NO2. The molecule has 0 radical (unpaired) electrons. The molecule has 1 heterocycles. The SMILES string of the molecule is Cc1nccc2c1C1C=CC2CC1OC(=O)C(C)(C)C. The molecule has 0 N–H and O–H groups in total. The van der Waals surface area contributed by atoms with Crippen LogP contribution in [0.5, 0.6) is 0 Å². The molecule has 0 aromatic carbocycles. The highest BCUT2D eigenvalue weighted by Gasteiger charge is 2.40. The Morgan fingerprint density at radius 3 is 2.80 bits per heavy atom. The van der Waals surface area contributed by atoms with E-state index in [1.54, 1.807) is 0 Å². The number of nitrogens with zero attached hydrogens (tertiary/aromatic N) is 1. The number of fused-ring (bicyclic) bond motifs is 1. The Balaban J connectivity index is 1.91. The smallest absolute Gasteiger partial charge is 0.311 e. The van der Waals surface area contributed by atoms with E-state index in [9.17, 15) is 4.79 Å². The van der Waals surface area contributed by atoms with Crippen LogP contribution in [0.25, 0.3) is 0 Å². The van der Waals surface area contributed by atoms with E-state index in [2.05, 4.69) is 23.2 Å². The first-order valence-corrected chi connectivity index (χ1v) is 7.22. The van der Waals surface area contributed by atoms with Gasteiger partial charge in [0.25, 0.3) is 0 Å². The van der Waals surface area contributed by atoms with E-state index in [4.69, 9.17) is 4.74 Å². The molecule has 0 fully saturated rings. The molecule has 0 amide bonds. The van der Waals surface area contributed by atoms with Crippen molar-refractivity contribution in [1.82, 2.24) is 4.98 Å². The van der Waals surface area contributed by atoms with Crippen LogP contribution < -0.4 is 0 Å². The summed E-state index contributed by atoms with van der Waals surface area (Å²) < 4.78 is 5.78. The normalized spacial score (nSPS) is 27.3. The molecule has 3 heteroatoms. The predicted octanol–water partition coefficient (Wildman–Crippen LogP) is 3.49.